The first kappa shape index (κ1) is 16.0. The van der Waals surface area contributed by atoms with Crippen LogP contribution in [0.5, 0.6) is 0 Å². The summed E-state index contributed by atoms with van der Waals surface area (Å²) in [4.78, 5) is 16.3. The third kappa shape index (κ3) is 4.11. The number of amides is 1. The number of hydrogen-bond acceptors (Lipinski definition) is 4. The van der Waals surface area contributed by atoms with Gasteiger partial charge in [0.2, 0.25) is 5.91 Å². The maximum absolute atomic E-state index is 13.4. The summed E-state index contributed by atoms with van der Waals surface area (Å²) in [5.74, 6) is -0.681. The molecule has 0 saturated heterocycles. The molecule has 3 aromatic rings. The number of thiazole rings is 1. The molecule has 1 N–H and O–H groups in total. The predicted molar refractivity (Wildman–Crippen MR) is 93.4 cm³/mol. The number of rotatable bonds is 5. The Morgan fingerprint density at radius 1 is 1.17 bits per heavy atom. The molecule has 1 heterocycles. The average molecular weight is 339 g/mol. The van der Waals surface area contributed by atoms with Gasteiger partial charge in [-0.25, -0.2) is 14.8 Å². The number of nitrogens with one attached hydrogen (secondary N) is 1. The van der Waals surface area contributed by atoms with Gasteiger partial charge in [-0.2, -0.15) is 5.10 Å². The lowest BCUT2D eigenvalue weighted by atomic mass is 10.2. The van der Waals surface area contributed by atoms with Gasteiger partial charge in [0.25, 0.3) is 0 Å². The van der Waals surface area contributed by atoms with Crippen LogP contribution in [0.3, 0.4) is 0 Å². The molecule has 2 aromatic carbocycles. The van der Waals surface area contributed by atoms with E-state index in [1.165, 1.54) is 23.6 Å². The number of benzene rings is 2. The molecule has 0 saturated carbocycles. The molecule has 24 heavy (non-hydrogen) atoms. The van der Waals surface area contributed by atoms with E-state index >= 15 is 0 Å². The highest BCUT2D eigenvalue weighted by Crippen LogP contribution is 2.21. The second-order valence-corrected chi connectivity index (χ2v) is 5.93. The lowest BCUT2D eigenvalue weighted by Crippen LogP contribution is -2.19. The first-order chi connectivity index (χ1) is 11.7. The zero-order chi connectivity index (χ0) is 16.8. The van der Waals surface area contributed by atoms with E-state index in [1.54, 1.807) is 18.2 Å². The van der Waals surface area contributed by atoms with Crippen molar-refractivity contribution in [2.24, 2.45) is 5.10 Å². The second kappa shape index (κ2) is 7.61. The molecule has 1 aromatic heterocycles. The first-order valence-corrected chi connectivity index (χ1v) is 8.16. The quantitative estimate of drug-likeness (QED) is 0.570. The van der Waals surface area contributed by atoms with E-state index in [0.717, 1.165) is 11.3 Å². The molecule has 0 unspecified atom stereocenters. The highest BCUT2D eigenvalue weighted by Gasteiger charge is 2.08. The fourth-order valence-corrected chi connectivity index (χ4v) is 2.87. The molecule has 0 atom stereocenters. The van der Waals surface area contributed by atoms with Gasteiger partial charge in [-0.05, 0) is 6.07 Å². The minimum Gasteiger partial charge on any atom is -0.273 e. The van der Waals surface area contributed by atoms with Crippen LogP contribution in [0.4, 0.5) is 4.39 Å². The molecular weight excluding hydrogens is 325 g/mol. The van der Waals surface area contributed by atoms with Crippen LogP contribution in [0.2, 0.25) is 0 Å². The van der Waals surface area contributed by atoms with E-state index in [9.17, 15) is 9.18 Å². The third-order valence-electron chi connectivity index (χ3n) is 3.23. The highest BCUT2D eigenvalue weighted by molar-refractivity contribution is 7.10. The van der Waals surface area contributed by atoms with Gasteiger partial charge < -0.3 is 0 Å². The van der Waals surface area contributed by atoms with Crippen LogP contribution in [0, 0.1) is 5.82 Å². The summed E-state index contributed by atoms with van der Waals surface area (Å²) < 4.78 is 13.4. The second-order valence-electron chi connectivity index (χ2n) is 4.98. The molecule has 0 radical (unpaired) electrons. The van der Waals surface area contributed by atoms with Crippen molar-refractivity contribution in [3.05, 3.63) is 76.4 Å². The lowest BCUT2D eigenvalue weighted by Gasteiger charge is -1.98. The molecule has 120 valence electrons. The van der Waals surface area contributed by atoms with Crippen molar-refractivity contribution >= 4 is 23.5 Å². The van der Waals surface area contributed by atoms with E-state index in [2.05, 4.69) is 15.5 Å². The van der Waals surface area contributed by atoms with Gasteiger partial charge in [-0.3, -0.25) is 4.79 Å². The van der Waals surface area contributed by atoms with Gasteiger partial charge in [0.1, 0.15) is 10.8 Å². The van der Waals surface area contributed by atoms with Crippen molar-refractivity contribution in [3.8, 4) is 11.3 Å². The van der Waals surface area contributed by atoms with Crippen LogP contribution >= 0.6 is 11.3 Å². The van der Waals surface area contributed by atoms with Crippen LogP contribution in [0.15, 0.2) is 65.1 Å². The van der Waals surface area contributed by atoms with Crippen molar-refractivity contribution < 1.29 is 9.18 Å². The SMILES string of the molecule is O=C(Cc1nc(-c2ccccc2)cs1)N/N=C\c1ccccc1F. The zero-order valence-corrected chi connectivity index (χ0v) is 13.5. The number of hydrogen-bond donors (Lipinski definition) is 1. The predicted octanol–water partition coefficient (Wildman–Crippen LogP) is 3.64. The van der Waals surface area contributed by atoms with Gasteiger partial charge >= 0.3 is 0 Å². The molecule has 1 amide bonds. The summed E-state index contributed by atoms with van der Waals surface area (Å²) in [7, 11) is 0. The van der Waals surface area contributed by atoms with E-state index in [-0.39, 0.29) is 18.1 Å². The van der Waals surface area contributed by atoms with E-state index in [1.807, 2.05) is 35.7 Å². The maximum Gasteiger partial charge on any atom is 0.246 e. The zero-order valence-electron chi connectivity index (χ0n) is 12.6. The molecular formula is C18H14FN3OS. The molecule has 0 aliphatic heterocycles. The van der Waals surface area contributed by atoms with Gasteiger partial charge in [0.15, 0.2) is 0 Å². The Hall–Kier alpha value is -2.86. The number of carbonyl (C=O) groups is 1. The molecule has 0 bridgehead atoms. The average Bonchev–Trinajstić information content (AvgIpc) is 3.06. The van der Waals surface area contributed by atoms with Crippen LogP contribution in [0.25, 0.3) is 11.3 Å². The standard InChI is InChI=1S/C18H14FN3OS/c19-15-9-5-4-8-14(15)11-20-22-17(23)10-18-21-16(12-24-18)13-6-2-1-3-7-13/h1-9,11-12H,10H2,(H,22,23)/b20-11-. The maximum atomic E-state index is 13.4. The molecule has 0 aliphatic rings. The molecule has 0 fully saturated rings. The number of halogens is 1. The molecule has 6 heteroatoms. The van der Waals surface area contributed by atoms with Crippen molar-refractivity contribution in [2.75, 3.05) is 0 Å². The largest absolute Gasteiger partial charge is 0.273 e. The molecule has 0 spiro atoms. The van der Waals surface area contributed by atoms with Crippen molar-refractivity contribution in [1.29, 1.82) is 0 Å². The van der Waals surface area contributed by atoms with Gasteiger partial charge in [0, 0.05) is 16.5 Å². The van der Waals surface area contributed by atoms with Gasteiger partial charge in [-0.1, -0.05) is 48.5 Å². The van der Waals surface area contributed by atoms with Crippen LogP contribution in [-0.4, -0.2) is 17.1 Å². The minimum atomic E-state index is -0.386. The Morgan fingerprint density at radius 2 is 1.92 bits per heavy atom. The number of aromatic nitrogens is 1. The minimum absolute atomic E-state index is 0.131. The number of carbonyl (C=O) groups excluding carboxylic acids is 1. The highest BCUT2D eigenvalue weighted by atomic mass is 32.1. The Kier molecular flexibility index (Phi) is 5.08. The van der Waals surface area contributed by atoms with E-state index in [0.29, 0.717) is 10.6 Å². The topological polar surface area (TPSA) is 54.4 Å². The van der Waals surface area contributed by atoms with Crippen LogP contribution in [0.1, 0.15) is 10.6 Å². The monoisotopic (exact) mass is 339 g/mol. The van der Waals surface area contributed by atoms with Crippen LogP contribution in [-0.2, 0) is 11.2 Å². The number of nitrogens with zero attached hydrogens (tertiary/aromatic N) is 2. The summed E-state index contributed by atoms with van der Waals surface area (Å²) >= 11 is 1.42. The summed E-state index contributed by atoms with van der Waals surface area (Å²) in [5, 5.41) is 6.39. The first-order valence-electron chi connectivity index (χ1n) is 7.28. The molecule has 0 aliphatic carbocycles. The van der Waals surface area contributed by atoms with Gasteiger partial charge in [-0.15, -0.1) is 11.3 Å². The van der Waals surface area contributed by atoms with Crippen molar-refractivity contribution in [3.63, 3.8) is 0 Å². The van der Waals surface area contributed by atoms with E-state index < -0.39 is 0 Å². The number of hydrazone groups is 1. The molecule has 4 nitrogen and oxygen atoms in total. The Bertz CT molecular complexity index is 861. The third-order valence-corrected chi connectivity index (χ3v) is 4.08. The Labute approximate surface area is 142 Å². The lowest BCUT2D eigenvalue weighted by molar-refractivity contribution is -0.120. The molecule has 3 rings (SSSR count). The van der Waals surface area contributed by atoms with Gasteiger partial charge in [0.05, 0.1) is 18.3 Å². The Balaban J connectivity index is 1.58. The summed E-state index contributed by atoms with van der Waals surface area (Å²) in [6, 6.07) is 16.0. The van der Waals surface area contributed by atoms with E-state index in [4.69, 9.17) is 0 Å². The normalized spacial score (nSPS) is 10.9. The summed E-state index contributed by atoms with van der Waals surface area (Å²) in [6.07, 6.45) is 1.41. The van der Waals surface area contributed by atoms with Crippen LogP contribution < -0.4 is 5.43 Å². The smallest absolute Gasteiger partial charge is 0.246 e. The fourth-order valence-electron chi connectivity index (χ4n) is 2.06. The summed E-state index contributed by atoms with van der Waals surface area (Å²) in [5.41, 5.74) is 4.56. The van der Waals surface area contributed by atoms with Crippen molar-refractivity contribution in [2.45, 2.75) is 6.42 Å². The Morgan fingerprint density at radius 3 is 2.71 bits per heavy atom. The van der Waals surface area contributed by atoms with Crippen molar-refractivity contribution in [1.82, 2.24) is 10.4 Å². The fraction of sp³-hybridized carbons (Fsp3) is 0.0556. The summed E-state index contributed by atoms with van der Waals surface area (Å²) in [6.45, 7) is 0.